The van der Waals surface area contributed by atoms with E-state index in [0.717, 1.165) is 36.7 Å². The van der Waals surface area contributed by atoms with Crippen LogP contribution in [0.25, 0.3) is 0 Å². The van der Waals surface area contributed by atoms with E-state index < -0.39 is 0 Å². The van der Waals surface area contributed by atoms with Crippen LogP contribution in [0.3, 0.4) is 0 Å². The molecule has 0 aliphatic carbocycles. The monoisotopic (exact) mass is 293 g/mol. The summed E-state index contributed by atoms with van der Waals surface area (Å²) in [6, 6.07) is 8.94. The van der Waals surface area contributed by atoms with Gasteiger partial charge in [0.25, 0.3) is 0 Å². The summed E-state index contributed by atoms with van der Waals surface area (Å²) in [4.78, 5) is 0. The summed E-state index contributed by atoms with van der Waals surface area (Å²) in [7, 11) is 0. The molecule has 0 saturated heterocycles. The van der Waals surface area contributed by atoms with E-state index in [1.54, 1.807) is 0 Å². The molecule has 0 aliphatic rings. The first-order valence-electron chi connectivity index (χ1n) is 6.20. The highest BCUT2D eigenvalue weighted by atomic mass is 79.9. The largest absolute Gasteiger partial charge is 0.310 e. The maximum Gasteiger partial charge on any atom is 0.0318 e. The summed E-state index contributed by atoms with van der Waals surface area (Å²) in [5.74, 6) is 2.67. The molecule has 0 aliphatic heterocycles. The molecule has 17 heavy (non-hydrogen) atoms. The second kappa shape index (κ2) is 8.33. The Hall–Kier alpha value is -0.780. The molecule has 1 N–H and O–H groups in total. The standard InChI is InChI=1S/C15H20BrN/c1-3-5-6-7-11-17-15(4-2)13-9-8-10-14(16)12-13/h1,8-10,12,15,17H,4-7,11H2,2H3. The van der Waals surface area contributed by atoms with E-state index in [2.05, 4.69) is 58.4 Å². The zero-order valence-corrected chi connectivity index (χ0v) is 12.0. The molecule has 0 aromatic heterocycles. The van der Waals surface area contributed by atoms with Crippen molar-refractivity contribution >= 4 is 15.9 Å². The van der Waals surface area contributed by atoms with Gasteiger partial charge < -0.3 is 5.32 Å². The molecule has 0 amide bonds. The van der Waals surface area contributed by atoms with Crippen molar-refractivity contribution in [2.24, 2.45) is 0 Å². The van der Waals surface area contributed by atoms with Crippen LogP contribution in [-0.2, 0) is 0 Å². The Morgan fingerprint density at radius 1 is 1.41 bits per heavy atom. The first-order valence-corrected chi connectivity index (χ1v) is 6.99. The SMILES string of the molecule is C#CCCCCNC(CC)c1cccc(Br)c1. The average molecular weight is 294 g/mol. The fraction of sp³-hybridized carbons (Fsp3) is 0.467. The third-order valence-electron chi connectivity index (χ3n) is 2.80. The Balaban J connectivity index is 2.41. The van der Waals surface area contributed by atoms with Crippen LogP contribution in [0, 0.1) is 12.3 Å². The molecule has 1 nitrogen and oxygen atoms in total. The van der Waals surface area contributed by atoms with Crippen LogP contribution in [-0.4, -0.2) is 6.54 Å². The van der Waals surface area contributed by atoms with Crippen LogP contribution in [0.1, 0.15) is 44.2 Å². The third kappa shape index (κ3) is 5.39. The van der Waals surface area contributed by atoms with Gasteiger partial charge in [-0.1, -0.05) is 35.0 Å². The van der Waals surface area contributed by atoms with Crippen molar-refractivity contribution in [3.63, 3.8) is 0 Å². The summed E-state index contributed by atoms with van der Waals surface area (Å²) in [5, 5.41) is 3.58. The Morgan fingerprint density at radius 2 is 2.24 bits per heavy atom. The summed E-state index contributed by atoms with van der Waals surface area (Å²) < 4.78 is 1.14. The lowest BCUT2D eigenvalue weighted by atomic mass is 10.0. The van der Waals surface area contributed by atoms with Gasteiger partial charge in [-0.15, -0.1) is 12.3 Å². The highest BCUT2D eigenvalue weighted by molar-refractivity contribution is 9.10. The van der Waals surface area contributed by atoms with Crippen LogP contribution in [0.15, 0.2) is 28.7 Å². The lowest BCUT2D eigenvalue weighted by Crippen LogP contribution is -2.21. The van der Waals surface area contributed by atoms with E-state index in [1.807, 2.05) is 0 Å². The lowest BCUT2D eigenvalue weighted by Gasteiger charge is -2.17. The first-order chi connectivity index (χ1) is 8.27. The van der Waals surface area contributed by atoms with E-state index in [1.165, 1.54) is 5.56 Å². The molecule has 92 valence electrons. The van der Waals surface area contributed by atoms with Gasteiger partial charge in [-0.25, -0.2) is 0 Å². The van der Waals surface area contributed by atoms with E-state index in [4.69, 9.17) is 6.42 Å². The molecule has 1 rings (SSSR count). The fourth-order valence-electron chi connectivity index (χ4n) is 1.85. The maximum absolute atomic E-state index is 5.23. The average Bonchev–Trinajstić information content (AvgIpc) is 2.34. The van der Waals surface area contributed by atoms with Crippen LogP contribution in [0.5, 0.6) is 0 Å². The normalized spacial score (nSPS) is 12.1. The van der Waals surface area contributed by atoms with Gasteiger partial charge in [0.1, 0.15) is 0 Å². The van der Waals surface area contributed by atoms with Gasteiger partial charge in [0.2, 0.25) is 0 Å². The van der Waals surface area contributed by atoms with Crippen LogP contribution in [0.2, 0.25) is 0 Å². The number of rotatable bonds is 7. The van der Waals surface area contributed by atoms with E-state index >= 15 is 0 Å². The smallest absolute Gasteiger partial charge is 0.0318 e. The van der Waals surface area contributed by atoms with Crippen molar-refractivity contribution in [3.05, 3.63) is 34.3 Å². The summed E-state index contributed by atoms with van der Waals surface area (Å²) >= 11 is 3.51. The minimum atomic E-state index is 0.443. The van der Waals surface area contributed by atoms with Gasteiger partial charge in [0, 0.05) is 16.9 Å². The maximum atomic E-state index is 5.23. The van der Waals surface area contributed by atoms with Crippen molar-refractivity contribution in [1.82, 2.24) is 5.32 Å². The predicted molar refractivity (Wildman–Crippen MR) is 77.9 cm³/mol. The number of nitrogens with one attached hydrogen (secondary N) is 1. The van der Waals surface area contributed by atoms with Gasteiger partial charge in [-0.2, -0.15) is 0 Å². The lowest BCUT2D eigenvalue weighted by molar-refractivity contribution is 0.504. The predicted octanol–water partition coefficient (Wildman–Crippen LogP) is 4.29. The zero-order valence-electron chi connectivity index (χ0n) is 10.4. The van der Waals surface area contributed by atoms with Gasteiger partial charge >= 0.3 is 0 Å². The van der Waals surface area contributed by atoms with Crippen LogP contribution in [0.4, 0.5) is 0 Å². The highest BCUT2D eigenvalue weighted by Crippen LogP contribution is 2.20. The van der Waals surface area contributed by atoms with Crippen molar-refractivity contribution in [2.75, 3.05) is 6.54 Å². The Labute approximate surface area is 113 Å². The number of benzene rings is 1. The molecule has 1 aromatic rings. The van der Waals surface area contributed by atoms with E-state index in [0.29, 0.717) is 6.04 Å². The topological polar surface area (TPSA) is 12.0 Å². The molecular weight excluding hydrogens is 274 g/mol. The molecule has 1 unspecified atom stereocenters. The first kappa shape index (κ1) is 14.3. The molecule has 1 atom stereocenters. The number of unbranched alkanes of at least 4 members (excludes halogenated alkanes) is 2. The number of halogens is 1. The van der Waals surface area contributed by atoms with Gasteiger partial charge in [0.05, 0.1) is 0 Å². The Kier molecular flexibility index (Phi) is 7.00. The number of hydrogen-bond donors (Lipinski definition) is 1. The van der Waals surface area contributed by atoms with Gasteiger partial charge in [-0.05, 0) is 43.5 Å². The fourth-order valence-corrected chi connectivity index (χ4v) is 2.27. The molecule has 2 heteroatoms. The van der Waals surface area contributed by atoms with Crippen molar-refractivity contribution < 1.29 is 0 Å². The minimum Gasteiger partial charge on any atom is -0.310 e. The summed E-state index contributed by atoms with van der Waals surface area (Å²) in [5.41, 5.74) is 1.35. The van der Waals surface area contributed by atoms with Crippen molar-refractivity contribution in [1.29, 1.82) is 0 Å². The molecule has 0 bridgehead atoms. The Morgan fingerprint density at radius 3 is 2.88 bits per heavy atom. The summed E-state index contributed by atoms with van der Waals surface area (Å²) in [6.07, 6.45) is 9.47. The number of hydrogen-bond acceptors (Lipinski definition) is 1. The number of terminal acetylenes is 1. The Bertz CT molecular complexity index is 367. The molecule has 0 spiro atoms. The highest BCUT2D eigenvalue weighted by Gasteiger charge is 2.07. The van der Waals surface area contributed by atoms with Crippen molar-refractivity contribution in [2.45, 2.75) is 38.6 Å². The van der Waals surface area contributed by atoms with Crippen LogP contribution < -0.4 is 5.32 Å². The third-order valence-corrected chi connectivity index (χ3v) is 3.29. The second-order valence-electron chi connectivity index (χ2n) is 4.13. The zero-order chi connectivity index (χ0) is 12.5. The van der Waals surface area contributed by atoms with Crippen LogP contribution >= 0.6 is 15.9 Å². The second-order valence-corrected chi connectivity index (χ2v) is 5.05. The molecule has 0 saturated carbocycles. The summed E-state index contributed by atoms with van der Waals surface area (Å²) in [6.45, 7) is 3.24. The van der Waals surface area contributed by atoms with E-state index in [-0.39, 0.29) is 0 Å². The molecule has 0 fully saturated rings. The molecular formula is C15H20BrN. The minimum absolute atomic E-state index is 0.443. The van der Waals surface area contributed by atoms with Gasteiger partial charge in [0.15, 0.2) is 0 Å². The van der Waals surface area contributed by atoms with Gasteiger partial charge in [-0.3, -0.25) is 0 Å². The van der Waals surface area contributed by atoms with Crippen molar-refractivity contribution in [3.8, 4) is 12.3 Å². The molecule has 0 heterocycles. The molecule has 1 aromatic carbocycles. The quantitative estimate of drug-likeness (QED) is 0.584. The molecule has 0 radical (unpaired) electrons. The van der Waals surface area contributed by atoms with E-state index in [9.17, 15) is 0 Å².